The van der Waals surface area contributed by atoms with Gasteiger partial charge in [0, 0.05) is 11.6 Å². The molecule has 1 unspecified atom stereocenters. The van der Waals surface area contributed by atoms with E-state index in [0.29, 0.717) is 6.54 Å². The molecule has 4 nitrogen and oxygen atoms in total. The van der Waals surface area contributed by atoms with E-state index in [9.17, 15) is 5.21 Å². The molecule has 1 aromatic rings. The second-order valence-corrected chi connectivity index (χ2v) is 11.4. The first-order valence-electron chi connectivity index (χ1n) is 6.65. The molecule has 1 aliphatic heterocycles. The molecule has 5 heteroatoms. The van der Waals surface area contributed by atoms with Gasteiger partial charge in [0.2, 0.25) is 15.0 Å². The van der Waals surface area contributed by atoms with Crippen LogP contribution in [0, 0.1) is 5.21 Å². The minimum atomic E-state index is -1.83. The Kier molecular flexibility index (Phi) is 3.64. The predicted molar refractivity (Wildman–Crippen MR) is 77.8 cm³/mol. The number of hydroxylamine groups is 2. The zero-order chi connectivity index (χ0) is 14.3. The molecule has 1 N–H and O–H groups in total. The van der Waals surface area contributed by atoms with Crippen LogP contribution in [-0.2, 0) is 6.54 Å². The van der Waals surface area contributed by atoms with Crippen LogP contribution in [0.5, 0.6) is 11.5 Å². The van der Waals surface area contributed by atoms with Crippen molar-refractivity contribution >= 4 is 8.32 Å². The lowest BCUT2D eigenvalue weighted by molar-refractivity contribution is -0.883. The van der Waals surface area contributed by atoms with Gasteiger partial charge in [-0.2, -0.15) is 0 Å². The van der Waals surface area contributed by atoms with Crippen molar-refractivity contribution in [3.63, 3.8) is 0 Å². The first-order valence-corrected chi connectivity index (χ1v) is 9.56. The van der Waals surface area contributed by atoms with Gasteiger partial charge in [-0.05, 0) is 30.3 Å². The van der Waals surface area contributed by atoms with E-state index >= 15 is 0 Å². The Bertz CT molecular complexity index is 468. The van der Waals surface area contributed by atoms with Crippen molar-refractivity contribution in [2.75, 3.05) is 6.73 Å². The molecule has 0 spiro atoms. The van der Waals surface area contributed by atoms with Gasteiger partial charge in [0.1, 0.15) is 18.0 Å². The first-order chi connectivity index (χ1) is 8.69. The molecule has 1 heterocycles. The van der Waals surface area contributed by atoms with E-state index in [-0.39, 0.29) is 16.8 Å². The van der Waals surface area contributed by atoms with E-state index < -0.39 is 8.32 Å². The molecule has 0 radical (unpaired) electrons. The Hall–Kier alpha value is -1.04. The summed E-state index contributed by atoms with van der Waals surface area (Å²) < 4.78 is 11.7. The summed E-state index contributed by atoms with van der Waals surface area (Å²) in [6, 6.07) is 5.80. The third-order valence-corrected chi connectivity index (χ3v) is 8.35. The number of nitrogens with one attached hydrogen (secondary N) is 1. The number of hydrogen-bond acceptors (Lipinski definition) is 3. The number of quaternary nitrogens is 1. The second-order valence-electron chi connectivity index (χ2n) is 6.64. The average molecular weight is 281 g/mol. The summed E-state index contributed by atoms with van der Waals surface area (Å²) in [4.78, 5) is 0. The number of fused-ring (bicyclic) bond motifs is 1. The minimum absolute atomic E-state index is 0.130. The first kappa shape index (κ1) is 14.4. The highest BCUT2D eigenvalue weighted by Crippen LogP contribution is 2.38. The average Bonchev–Trinajstić information content (AvgIpc) is 2.27. The van der Waals surface area contributed by atoms with Crippen LogP contribution in [0.25, 0.3) is 0 Å². The van der Waals surface area contributed by atoms with Gasteiger partial charge in [0.05, 0.1) is 0 Å². The maximum Gasteiger partial charge on any atom is 0.250 e. The van der Waals surface area contributed by atoms with Gasteiger partial charge in [-0.1, -0.05) is 20.8 Å². The normalized spacial score (nSPS) is 19.6. The quantitative estimate of drug-likeness (QED) is 0.668. The largest absolute Gasteiger partial charge is 0.632 e. The van der Waals surface area contributed by atoms with Crippen molar-refractivity contribution in [1.82, 2.24) is 0 Å². The van der Waals surface area contributed by atoms with Gasteiger partial charge >= 0.3 is 0 Å². The van der Waals surface area contributed by atoms with Crippen LogP contribution in [0.1, 0.15) is 26.3 Å². The highest BCUT2D eigenvalue weighted by Gasteiger charge is 2.39. The smallest absolute Gasteiger partial charge is 0.250 e. The Morgan fingerprint density at radius 2 is 2.00 bits per heavy atom. The van der Waals surface area contributed by atoms with Gasteiger partial charge in [-0.3, -0.25) is 0 Å². The number of ether oxygens (including phenoxy) is 1. The summed E-state index contributed by atoms with van der Waals surface area (Å²) in [5.74, 6) is 1.63. The Morgan fingerprint density at radius 1 is 1.32 bits per heavy atom. The van der Waals surface area contributed by atoms with Gasteiger partial charge in [0.15, 0.2) is 0 Å². The van der Waals surface area contributed by atoms with Crippen LogP contribution in [0.3, 0.4) is 0 Å². The van der Waals surface area contributed by atoms with E-state index in [1.54, 1.807) is 0 Å². The molecule has 0 saturated carbocycles. The van der Waals surface area contributed by atoms with Crippen LogP contribution in [0.15, 0.2) is 18.2 Å². The molecule has 0 fully saturated rings. The van der Waals surface area contributed by atoms with Crippen LogP contribution in [-0.4, -0.2) is 15.0 Å². The highest BCUT2D eigenvalue weighted by atomic mass is 28.4. The lowest BCUT2D eigenvalue weighted by Gasteiger charge is -2.37. The molecule has 1 aliphatic rings. The van der Waals surface area contributed by atoms with Crippen LogP contribution in [0.4, 0.5) is 0 Å². The molecule has 1 aromatic carbocycles. The third kappa shape index (κ3) is 3.10. The van der Waals surface area contributed by atoms with E-state index in [1.807, 2.05) is 18.2 Å². The lowest BCUT2D eigenvalue weighted by atomic mass is 10.2. The number of rotatable bonds is 2. The summed E-state index contributed by atoms with van der Waals surface area (Å²) >= 11 is 0. The SMILES string of the molecule is CC(C)(C)[Si](C)(C)Oc1ccc2c(c1)OC[NH+]([O-])C2. The molecule has 0 aliphatic carbocycles. The lowest BCUT2D eigenvalue weighted by Crippen LogP contribution is -3.07. The van der Waals surface area contributed by atoms with Crippen LogP contribution < -0.4 is 14.2 Å². The summed E-state index contributed by atoms with van der Waals surface area (Å²) in [5.41, 5.74) is 0.957. The molecule has 19 heavy (non-hydrogen) atoms. The van der Waals surface area contributed by atoms with Gasteiger partial charge < -0.3 is 19.4 Å². The molecule has 2 rings (SSSR count). The predicted octanol–water partition coefficient (Wildman–Crippen LogP) is 2.30. The van der Waals surface area contributed by atoms with Gasteiger partial charge in [0.25, 0.3) is 0 Å². The monoisotopic (exact) mass is 281 g/mol. The number of benzene rings is 1. The van der Waals surface area contributed by atoms with Crippen molar-refractivity contribution in [3.8, 4) is 11.5 Å². The molecule has 0 aromatic heterocycles. The molecule has 0 bridgehead atoms. The molecule has 0 amide bonds. The van der Waals surface area contributed by atoms with Crippen molar-refractivity contribution in [2.24, 2.45) is 0 Å². The second kappa shape index (κ2) is 4.81. The molecular weight excluding hydrogens is 258 g/mol. The fraction of sp³-hybridized carbons (Fsp3) is 0.571. The minimum Gasteiger partial charge on any atom is -0.632 e. The van der Waals surface area contributed by atoms with Crippen molar-refractivity contribution in [2.45, 2.75) is 45.4 Å². The molecule has 0 saturated heterocycles. The number of hydrogen-bond donors (Lipinski definition) is 1. The fourth-order valence-electron chi connectivity index (χ4n) is 1.75. The van der Waals surface area contributed by atoms with E-state index in [4.69, 9.17) is 9.16 Å². The van der Waals surface area contributed by atoms with Crippen molar-refractivity contribution in [1.29, 1.82) is 0 Å². The topological polar surface area (TPSA) is 46.0 Å². The zero-order valence-corrected chi connectivity index (χ0v) is 13.4. The van der Waals surface area contributed by atoms with Crippen LogP contribution in [0.2, 0.25) is 18.1 Å². The van der Waals surface area contributed by atoms with Crippen molar-refractivity contribution in [3.05, 3.63) is 29.0 Å². The molecular formula is C14H23NO3Si. The highest BCUT2D eigenvalue weighted by molar-refractivity contribution is 6.74. The Morgan fingerprint density at radius 3 is 2.63 bits per heavy atom. The zero-order valence-electron chi connectivity index (χ0n) is 12.4. The standard InChI is InChI=1S/C14H23NO3Si/c1-14(2,3)19(4,5)18-12-7-6-11-9-15(16)10-17-13(11)8-12/h6-8,15H,9-10H2,1-5H3. The van der Waals surface area contributed by atoms with E-state index in [1.165, 1.54) is 0 Å². The maximum absolute atomic E-state index is 11.3. The van der Waals surface area contributed by atoms with Crippen LogP contribution >= 0.6 is 0 Å². The molecule has 1 atom stereocenters. The Balaban J connectivity index is 2.20. The summed E-state index contributed by atoms with van der Waals surface area (Å²) in [6.45, 7) is 11.7. The summed E-state index contributed by atoms with van der Waals surface area (Å²) in [5, 5.41) is 11.6. The maximum atomic E-state index is 11.3. The Labute approximate surface area is 116 Å². The van der Waals surface area contributed by atoms with Crippen molar-refractivity contribution < 1.29 is 14.2 Å². The fourth-order valence-corrected chi connectivity index (χ4v) is 2.77. The summed E-state index contributed by atoms with van der Waals surface area (Å²) in [7, 11) is -1.83. The van der Waals surface area contributed by atoms with Gasteiger partial charge in [-0.15, -0.1) is 0 Å². The summed E-state index contributed by atoms with van der Waals surface area (Å²) in [6.07, 6.45) is 0. The molecule has 106 valence electrons. The van der Waals surface area contributed by atoms with E-state index in [2.05, 4.69) is 33.9 Å². The van der Waals surface area contributed by atoms with E-state index in [0.717, 1.165) is 17.1 Å². The van der Waals surface area contributed by atoms with Gasteiger partial charge in [-0.25, -0.2) is 0 Å². The third-order valence-electron chi connectivity index (χ3n) is 3.99.